The smallest absolute Gasteiger partial charge is 0.128 e. The Morgan fingerprint density at radius 1 is 1.19 bits per heavy atom. The van der Waals surface area contributed by atoms with E-state index >= 15 is 0 Å². The summed E-state index contributed by atoms with van der Waals surface area (Å²) in [5.41, 5.74) is 4.37. The lowest BCUT2D eigenvalue weighted by Gasteiger charge is -2.18. The number of likely N-dealkylation sites (N-methyl/N-ethyl adjacent to an activating group) is 1. The van der Waals surface area contributed by atoms with Crippen LogP contribution in [-0.4, -0.2) is 30.2 Å². The Morgan fingerprint density at radius 2 is 2.00 bits per heavy atom. The highest BCUT2D eigenvalue weighted by Gasteiger charge is 2.15. The number of aromatic nitrogens is 2. The van der Waals surface area contributed by atoms with Gasteiger partial charge in [-0.2, -0.15) is 0 Å². The number of methoxy groups -OCH3 is 1. The second kappa shape index (κ2) is 7.18. The molecular weight excluding hydrogens is 262 g/mol. The normalized spacial score (nSPS) is 12.2. The highest BCUT2D eigenvalue weighted by molar-refractivity contribution is 5.41. The van der Waals surface area contributed by atoms with E-state index in [-0.39, 0.29) is 0 Å². The van der Waals surface area contributed by atoms with Crippen LogP contribution in [0.25, 0.3) is 0 Å². The Bertz CT molecular complexity index is 584. The summed E-state index contributed by atoms with van der Waals surface area (Å²) < 4.78 is 5.48. The average molecular weight is 285 g/mol. The molecule has 2 aromatic heterocycles. The molecule has 1 unspecified atom stereocenters. The first-order valence-electron chi connectivity index (χ1n) is 7.22. The van der Waals surface area contributed by atoms with Gasteiger partial charge in [0, 0.05) is 53.8 Å². The Balaban J connectivity index is 2.15. The van der Waals surface area contributed by atoms with Crippen molar-refractivity contribution in [2.24, 2.45) is 0 Å². The molecule has 0 saturated carbocycles. The number of rotatable bonds is 6. The third kappa shape index (κ3) is 3.79. The first-order chi connectivity index (χ1) is 10.2. The summed E-state index contributed by atoms with van der Waals surface area (Å²) in [6.45, 7) is 4.09. The van der Waals surface area contributed by atoms with Gasteiger partial charge in [-0.3, -0.25) is 9.97 Å². The molecule has 0 saturated heterocycles. The molecule has 0 spiro atoms. The lowest BCUT2D eigenvalue weighted by atomic mass is 10.0. The van der Waals surface area contributed by atoms with Crippen molar-refractivity contribution >= 4 is 0 Å². The van der Waals surface area contributed by atoms with Crippen LogP contribution in [0.2, 0.25) is 0 Å². The summed E-state index contributed by atoms with van der Waals surface area (Å²) >= 11 is 0. The van der Waals surface area contributed by atoms with Gasteiger partial charge in [0.15, 0.2) is 0 Å². The molecule has 112 valence electrons. The van der Waals surface area contributed by atoms with Crippen molar-refractivity contribution in [2.45, 2.75) is 32.7 Å². The molecule has 0 aliphatic heterocycles. The minimum atomic E-state index is 0.304. The number of nitrogens with one attached hydrogen (secondary N) is 1. The Morgan fingerprint density at radius 3 is 2.62 bits per heavy atom. The van der Waals surface area contributed by atoms with Gasteiger partial charge >= 0.3 is 0 Å². The van der Waals surface area contributed by atoms with Crippen LogP contribution in [0.5, 0.6) is 5.75 Å². The summed E-state index contributed by atoms with van der Waals surface area (Å²) in [6.07, 6.45) is 5.46. The van der Waals surface area contributed by atoms with Crippen molar-refractivity contribution in [1.82, 2.24) is 15.3 Å². The summed E-state index contributed by atoms with van der Waals surface area (Å²) in [4.78, 5) is 8.97. The van der Waals surface area contributed by atoms with E-state index in [4.69, 9.17) is 4.74 Å². The molecule has 0 bridgehead atoms. The lowest BCUT2D eigenvalue weighted by Crippen LogP contribution is -2.31. The molecule has 0 aromatic carbocycles. The van der Waals surface area contributed by atoms with Crippen LogP contribution in [0, 0.1) is 13.8 Å². The Kier molecular flexibility index (Phi) is 5.28. The van der Waals surface area contributed by atoms with E-state index in [1.807, 2.05) is 38.5 Å². The first kappa shape index (κ1) is 15.4. The van der Waals surface area contributed by atoms with Crippen molar-refractivity contribution in [3.63, 3.8) is 0 Å². The van der Waals surface area contributed by atoms with Gasteiger partial charge in [0.05, 0.1) is 7.11 Å². The van der Waals surface area contributed by atoms with E-state index in [0.29, 0.717) is 6.04 Å². The maximum Gasteiger partial charge on any atom is 0.128 e. The topological polar surface area (TPSA) is 47.0 Å². The number of hydrogen-bond acceptors (Lipinski definition) is 4. The highest BCUT2D eigenvalue weighted by atomic mass is 16.5. The fourth-order valence-electron chi connectivity index (χ4n) is 2.56. The second-order valence-corrected chi connectivity index (χ2v) is 5.26. The molecule has 4 heteroatoms. The quantitative estimate of drug-likeness (QED) is 0.885. The zero-order chi connectivity index (χ0) is 15.2. The van der Waals surface area contributed by atoms with Crippen LogP contribution in [0.1, 0.15) is 22.5 Å². The van der Waals surface area contributed by atoms with E-state index < -0.39 is 0 Å². The number of pyridine rings is 2. The van der Waals surface area contributed by atoms with Crippen molar-refractivity contribution in [1.29, 1.82) is 0 Å². The van der Waals surface area contributed by atoms with Crippen molar-refractivity contribution in [2.75, 3.05) is 14.2 Å². The molecule has 0 fully saturated rings. The average Bonchev–Trinajstić information content (AvgIpc) is 2.50. The number of nitrogens with zero attached hydrogens (tertiary/aromatic N) is 2. The van der Waals surface area contributed by atoms with Gasteiger partial charge in [-0.1, -0.05) is 6.07 Å². The molecule has 2 heterocycles. The Labute approximate surface area is 126 Å². The van der Waals surface area contributed by atoms with Gasteiger partial charge in [0.25, 0.3) is 0 Å². The highest BCUT2D eigenvalue weighted by Crippen LogP contribution is 2.24. The molecule has 2 rings (SSSR count). The maximum absolute atomic E-state index is 5.48. The van der Waals surface area contributed by atoms with Gasteiger partial charge in [-0.05, 0) is 33.0 Å². The summed E-state index contributed by atoms with van der Waals surface area (Å²) in [5.74, 6) is 0.938. The van der Waals surface area contributed by atoms with Crippen LogP contribution >= 0.6 is 0 Å². The predicted molar refractivity (Wildman–Crippen MR) is 84.8 cm³/mol. The zero-order valence-corrected chi connectivity index (χ0v) is 13.2. The summed E-state index contributed by atoms with van der Waals surface area (Å²) in [6, 6.07) is 6.32. The molecule has 0 aliphatic carbocycles. The third-order valence-corrected chi connectivity index (χ3v) is 3.78. The molecule has 4 nitrogen and oxygen atoms in total. The SMILES string of the molecule is CNC(Cc1ccccn1)Cc1ncc(C)c(OC)c1C. The molecular formula is C17H23N3O. The molecule has 0 amide bonds. The minimum absolute atomic E-state index is 0.304. The van der Waals surface area contributed by atoms with E-state index in [9.17, 15) is 0 Å². The van der Waals surface area contributed by atoms with Gasteiger partial charge in [-0.15, -0.1) is 0 Å². The van der Waals surface area contributed by atoms with Crippen LogP contribution in [0.15, 0.2) is 30.6 Å². The molecule has 0 radical (unpaired) electrons. The second-order valence-electron chi connectivity index (χ2n) is 5.26. The lowest BCUT2D eigenvalue weighted by molar-refractivity contribution is 0.406. The van der Waals surface area contributed by atoms with Crippen LogP contribution in [0.4, 0.5) is 0 Å². The number of ether oxygens (including phenoxy) is 1. The number of aryl methyl sites for hydroxylation is 1. The predicted octanol–water partition coefficient (Wildman–Crippen LogP) is 2.48. The van der Waals surface area contributed by atoms with Crippen molar-refractivity contribution in [3.8, 4) is 5.75 Å². The first-order valence-corrected chi connectivity index (χ1v) is 7.22. The van der Waals surface area contributed by atoms with E-state index in [1.54, 1.807) is 7.11 Å². The minimum Gasteiger partial charge on any atom is -0.496 e. The third-order valence-electron chi connectivity index (χ3n) is 3.78. The zero-order valence-electron chi connectivity index (χ0n) is 13.2. The van der Waals surface area contributed by atoms with E-state index in [0.717, 1.165) is 41.1 Å². The van der Waals surface area contributed by atoms with Gasteiger partial charge in [-0.25, -0.2) is 0 Å². The van der Waals surface area contributed by atoms with Gasteiger partial charge < -0.3 is 10.1 Å². The maximum atomic E-state index is 5.48. The van der Waals surface area contributed by atoms with E-state index in [2.05, 4.69) is 28.3 Å². The van der Waals surface area contributed by atoms with Crippen molar-refractivity contribution < 1.29 is 4.74 Å². The van der Waals surface area contributed by atoms with Crippen molar-refractivity contribution in [3.05, 3.63) is 53.1 Å². The Hall–Kier alpha value is -1.94. The van der Waals surface area contributed by atoms with Crippen LogP contribution < -0.4 is 10.1 Å². The van der Waals surface area contributed by atoms with Crippen LogP contribution in [-0.2, 0) is 12.8 Å². The van der Waals surface area contributed by atoms with Gasteiger partial charge in [0.1, 0.15) is 5.75 Å². The fraction of sp³-hybridized carbons (Fsp3) is 0.412. The standard InChI is InChI=1S/C17H23N3O/c1-12-11-20-16(13(2)17(12)21-4)10-15(18-3)9-14-7-5-6-8-19-14/h5-8,11,15,18H,9-10H2,1-4H3. The van der Waals surface area contributed by atoms with Gasteiger partial charge in [0.2, 0.25) is 0 Å². The molecule has 21 heavy (non-hydrogen) atoms. The molecule has 1 atom stereocenters. The number of hydrogen-bond donors (Lipinski definition) is 1. The summed E-state index contributed by atoms with van der Waals surface area (Å²) in [5, 5.41) is 3.36. The molecule has 0 aliphatic rings. The molecule has 1 N–H and O–H groups in total. The summed E-state index contributed by atoms with van der Waals surface area (Å²) in [7, 11) is 3.69. The fourth-order valence-corrected chi connectivity index (χ4v) is 2.56. The monoisotopic (exact) mass is 285 g/mol. The molecule has 2 aromatic rings. The van der Waals surface area contributed by atoms with Crippen LogP contribution in [0.3, 0.4) is 0 Å². The largest absolute Gasteiger partial charge is 0.496 e. The van der Waals surface area contributed by atoms with E-state index in [1.165, 1.54) is 0 Å².